The van der Waals surface area contributed by atoms with Crippen molar-refractivity contribution in [2.45, 2.75) is 31.1 Å². The van der Waals surface area contributed by atoms with Crippen LogP contribution in [0.2, 0.25) is 0 Å². The van der Waals surface area contributed by atoms with Crippen LogP contribution in [0.5, 0.6) is 0 Å². The smallest absolute Gasteiger partial charge is 0.261 e. The van der Waals surface area contributed by atoms with E-state index in [1.807, 2.05) is 12.1 Å². The average Bonchev–Trinajstić information content (AvgIpc) is 2.53. The van der Waals surface area contributed by atoms with Gasteiger partial charge in [0.1, 0.15) is 0 Å². The first kappa shape index (κ1) is 17.0. The minimum Gasteiger partial charge on any atom is -0.366 e. The number of anilines is 1. The second-order valence-electron chi connectivity index (χ2n) is 5.30. The number of primary amides is 1. The topological polar surface area (TPSA) is 89.3 Å². The van der Waals surface area contributed by atoms with Crippen molar-refractivity contribution >= 4 is 21.6 Å². The molecule has 0 fully saturated rings. The van der Waals surface area contributed by atoms with E-state index < -0.39 is 15.9 Å². The van der Waals surface area contributed by atoms with Crippen molar-refractivity contribution in [3.8, 4) is 0 Å². The lowest BCUT2D eigenvalue weighted by atomic mass is 10.1. The molecular weight excluding hydrogens is 312 g/mol. The van der Waals surface area contributed by atoms with E-state index in [1.54, 1.807) is 24.3 Å². The predicted octanol–water partition coefficient (Wildman–Crippen LogP) is 2.93. The number of rotatable bonds is 7. The monoisotopic (exact) mass is 332 g/mol. The van der Waals surface area contributed by atoms with Gasteiger partial charge in [0.2, 0.25) is 5.91 Å². The molecule has 0 spiro atoms. The highest BCUT2D eigenvalue weighted by Gasteiger charge is 2.14. The summed E-state index contributed by atoms with van der Waals surface area (Å²) in [6, 6.07) is 12.9. The summed E-state index contributed by atoms with van der Waals surface area (Å²) in [5.74, 6) is -0.605. The van der Waals surface area contributed by atoms with Crippen molar-refractivity contribution in [1.82, 2.24) is 0 Å². The Labute approximate surface area is 136 Å². The molecule has 0 aromatic heterocycles. The largest absolute Gasteiger partial charge is 0.366 e. The molecule has 0 aliphatic rings. The molecule has 2 aromatic carbocycles. The van der Waals surface area contributed by atoms with Gasteiger partial charge in [0, 0.05) is 11.3 Å². The third-order valence-electron chi connectivity index (χ3n) is 3.45. The lowest BCUT2D eigenvalue weighted by Crippen LogP contribution is -2.15. The summed E-state index contributed by atoms with van der Waals surface area (Å²) in [6.07, 6.45) is 3.10. The van der Waals surface area contributed by atoms with Gasteiger partial charge in [-0.05, 0) is 48.7 Å². The molecule has 0 bridgehead atoms. The van der Waals surface area contributed by atoms with E-state index in [4.69, 9.17) is 5.73 Å². The Bertz CT molecular complexity index is 784. The van der Waals surface area contributed by atoms with Crippen molar-refractivity contribution in [3.63, 3.8) is 0 Å². The fraction of sp³-hybridized carbons (Fsp3) is 0.235. The first-order chi connectivity index (χ1) is 10.9. The Hall–Kier alpha value is -2.34. The van der Waals surface area contributed by atoms with Crippen LogP contribution in [0, 0.1) is 0 Å². The van der Waals surface area contributed by atoms with Crippen LogP contribution in [0.25, 0.3) is 0 Å². The summed E-state index contributed by atoms with van der Waals surface area (Å²) in [5.41, 5.74) is 6.86. The fourth-order valence-corrected chi connectivity index (χ4v) is 3.22. The summed E-state index contributed by atoms with van der Waals surface area (Å²) >= 11 is 0. The number of aryl methyl sites for hydroxylation is 1. The zero-order valence-corrected chi connectivity index (χ0v) is 13.8. The molecule has 0 aliphatic heterocycles. The highest BCUT2D eigenvalue weighted by Crippen LogP contribution is 2.18. The van der Waals surface area contributed by atoms with Gasteiger partial charge in [-0.2, -0.15) is 0 Å². The maximum absolute atomic E-state index is 12.4. The van der Waals surface area contributed by atoms with Gasteiger partial charge in [-0.15, -0.1) is 0 Å². The van der Waals surface area contributed by atoms with Crippen LogP contribution in [0.1, 0.15) is 35.7 Å². The number of unbranched alkanes of at least 4 members (excludes halogenated alkanes) is 1. The molecule has 5 nitrogen and oxygen atoms in total. The molecule has 1 amide bonds. The number of carbonyl (C=O) groups excluding carboxylic acids is 1. The summed E-state index contributed by atoms with van der Waals surface area (Å²) in [6.45, 7) is 2.11. The Balaban J connectivity index is 2.18. The van der Waals surface area contributed by atoms with Crippen LogP contribution >= 0.6 is 0 Å². The molecule has 0 atom stereocenters. The van der Waals surface area contributed by atoms with E-state index in [9.17, 15) is 13.2 Å². The number of amides is 1. The molecule has 122 valence electrons. The summed E-state index contributed by atoms with van der Waals surface area (Å²) < 4.78 is 27.2. The quantitative estimate of drug-likeness (QED) is 0.817. The number of carbonyl (C=O) groups is 1. The molecule has 0 radical (unpaired) electrons. The van der Waals surface area contributed by atoms with Crippen LogP contribution in [-0.4, -0.2) is 14.3 Å². The van der Waals surface area contributed by atoms with Crippen LogP contribution in [-0.2, 0) is 16.4 Å². The van der Waals surface area contributed by atoms with E-state index in [1.165, 1.54) is 12.1 Å². The Morgan fingerprint density at radius 1 is 1.13 bits per heavy atom. The second-order valence-corrected chi connectivity index (χ2v) is 6.98. The van der Waals surface area contributed by atoms with Crippen LogP contribution in [0.15, 0.2) is 53.4 Å². The van der Waals surface area contributed by atoms with E-state index in [2.05, 4.69) is 11.6 Å². The third kappa shape index (κ3) is 4.56. The Kier molecular flexibility index (Phi) is 5.39. The number of benzene rings is 2. The highest BCUT2D eigenvalue weighted by atomic mass is 32.2. The van der Waals surface area contributed by atoms with Crippen molar-refractivity contribution in [3.05, 3.63) is 59.7 Å². The Morgan fingerprint density at radius 2 is 1.83 bits per heavy atom. The first-order valence-corrected chi connectivity index (χ1v) is 8.92. The zero-order valence-electron chi connectivity index (χ0n) is 13.0. The van der Waals surface area contributed by atoms with Gasteiger partial charge in [0.15, 0.2) is 0 Å². The number of nitrogens with two attached hydrogens (primary N) is 1. The van der Waals surface area contributed by atoms with Gasteiger partial charge in [-0.3, -0.25) is 9.52 Å². The molecule has 0 unspecified atom stereocenters. The molecule has 0 heterocycles. The molecule has 2 aromatic rings. The number of nitrogens with one attached hydrogen (secondary N) is 1. The van der Waals surface area contributed by atoms with Gasteiger partial charge in [-0.1, -0.05) is 31.5 Å². The van der Waals surface area contributed by atoms with E-state index in [0.29, 0.717) is 5.69 Å². The van der Waals surface area contributed by atoms with E-state index >= 15 is 0 Å². The normalized spacial score (nSPS) is 11.2. The first-order valence-electron chi connectivity index (χ1n) is 7.44. The van der Waals surface area contributed by atoms with E-state index in [-0.39, 0.29) is 10.5 Å². The third-order valence-corrected chi connectivity index (χ3v) is 4.85. The minimum atomic E-state index is -3.70. The molecule has 23 heavy (non-hydrogen) atoms. The van der Waals surface area contributed by atoms with Crippen LogP contribution in [0.3, 0.4) is 0 Å². The predicted molar refractivity (Wildman–Crippen MR) is 90.8 cm³/mol. The molecule has 0 saturated heterocycles. The van der Waals surface area contributed by atoms with Gasteiger partial charge in [0.05, 0.1) is 4.90 Å². The van der Waals surface area contributed by atoms with Crippen LogP contribution in [0.4, 0.5) is 5.69 Å². The fourth-order valence-electron chi connectivity index (χ4n) is 2.17. The standard InChI is InChI=1S/C17H20N2O3S/c1-2-3-5-13-8-10-16(11-9-13)23(21,22)19-15-7-4-6-14(12-15)17(18)20/h4,6-12,19H,2-3,5H2,1H3,(H2,18,20). The number of hydrogen-bond acceptors (Lipinski definition) is 3. The SMILES string of the molecule is CCCCc1ccc(S(=O)(=O)Nc2cccc(C(N)=O)c2)cc1. The number of hydrogen-bond donors (Lipinski definition) is 2. The zero-order chi connectivity index (χ0) is 16.9. The molecular formula is C17H20N2O3S. The van der Waals surface area contributed by atoms with E-state index in [0.717, 1.165) is 24.8 Å². The summed E-state index contributed by atoms with van der Waals surface area (Å²) in [4.78, 5) is 11.3. The minimum absolute atomic E-state index is 0.183. The maximum Gasteiger partial charge on any atom is 0.261 e. The van der Waals surface area contributed by atoms with Crippen LogP contribution < -0.4 is 10.5 Å². The molecule has 2 rings (SSSR count). The summed E-state index contributed by atoms with van der Waals surface area (Å²) in [7, 11) is -3.70. The lowest BCUT2D eigenvalue weighted by molar-refractivity contribution is 0.100. The van der Waals surface area contributed by atoms with Crippen molar-refractivity contribution in [2.75, 3.05) is 4.72 Å². The van der Waals surface area contributed by atoms with Gasteiger partial charge >= 0.3 is 0 Å². The van der Waals surface area contributed by atoms with Gasteiger partial charge < -0.3 is 5.73 Å². The average molecular weight is 332 g/mol. The Morgan fingerprint density at radius 3 is 2.43 bits per heavy atom. The van der Waals surface area contributed by atoms with Crippen molar-refractivity contribution in [2.24, 2.45) is 5.73 Å². The van der Waals surface area contributed by atoms with Gasteiger partial charge in [0.25, 0.3) is 10.0 Å². The second kappa shape index (κ2) is 7.28. The summed E-state index contributed by atoms with van der Waals surface area (Å²) in [5, 5.41) is 0. The van der Waals surface area contributed by atoms with Crippen molar-refractivity contribution < 1.29 is 13.2 Å². The molecule has 3 N–H and O–H groups in total. The molecule has 0 saturated carbocycles. The van der Waals surface area contributed by atoms with Crippen molar-refractivity contribution in [1.29, 1.82) is 0 Å². The highest BCUT2D eigenvalue weighted by molar-refractivity contribution is 7.92. The molecule has 6 heteroatoms. The number of sulfonamides is 1. The molecule has 0 aliphatic carbocycles. The van der Waals surface area contributed by atoms with Gasteiger partial charge in [-0.25, -0.2) is 8.42 Å². The lowest BCUT2D eigenvalue weighted by Gasteiger charge is -2.09. The maximum atomic E-state index is 12.4.